The number of hydrogen-bond acceptors (Lipinski definition) is 3. The molecule has 2 aromatic rings. The number of carbonyl (C=O) groups excluding carboxylic acids is 1. The highest BCUT2D eigenvalue weighted by Crippen LogP contribution is 2.26. The highest BCUT2D eigenvalue weighted by molar-refractivity contribution is 5.85. The number of nitrogens with one attached hydrogen (secondary N) is 1. The Morgan fingerprint density at radius 2 is 2.04 bits per heavy atom. The van der Waals surface area contributed by atoms with E-state index in [-0.39, 0.29) is 36.8 Å². The Bertz CT molecular complexity index is 651. The standard InChI is InChI=1S/C17H21N3O.2ClH/c18-15-6-3-5-13(15)9-17(21)20-11-12-8-14-4-1-2-7-16(14)19-10-12;;/h1-2,4,7-8,10,13,15H,3,5-6,9,11,18H2,(H,20,21);2*1H/t13-,15+;;/m0../s1. The first-order valence-electron chi connectivity index (χ1n) is 7.58. The molecule has 3 rings (SSSR count). The first kappa shape index (κ1) is 19.7. The summed E-state index contributed by atoms with van der Waals surface area (Å²) in [6.07, 6.45) is 5.64. The third kappa shape index (κ3) is 5.06. The maximum atomic E-state index is 12.0. The summed E-state index contributed by atoms with van der Waals surface area (Å²) in [5.74, 6) is 0.435. The van der Waals surface area contributed by atoms with Crippen LogP contribution in [0.4, 0.5) is 0 Å². The molecule has 2 atom stereocenters. The van der Waals surface area contributed by atoms with E-state index in [9.17, 15) is 4.79 Å². The second-order valence-corrected chi connectivity index (χ2v) is 5.87. The summed E-state index contributed by atoms with van der Waals surface area (Å²) in [6, 6.07) is 10.3. The zero-order valence-electron chi connectivity index (χ0n) is 12.9. The smallest absolute Gasteiger partial charge is 0.220 e. The maximum absolute atomic E-state index is 12.0. The van der Waals surface area contributed by atoms with Crippen LogP contribution in [0.1, 0.15) is 31.2 Å². The van der Waals surface area contributed by atoms with Gasteiger partial charge in [-0.15, -0.1) is 24.8 Å². The molecule has 126 valence electrons. The van der Waals surface area contributed by atoms with Crippen molar-refractivity contribution in [3.63, 3.8) is 0 Å². The molecule has 4 nitrogen and oxygen atoms in total. The fraction of sp³-hybridized carbons (Fsp3) is 0.412. The number of nitrogens with two attached hydrogens (primary N) is 1. The number of fused-ring (bicyclic) bond motifs is 1. The zero-order valence-corrected chi connectivity index (χ0v) is 14.5. The Kier molecular flexibility index (Phi) is 7.76. The van der Waals surface area contributed by atoms with E-state index >= 15 is 0 Å². The number of para-hydroxylation sites is 1. The summed E-state index contributed by atoms with van der Waals surface area (Å²) in [5, 5.41) is 4.08. The second-order valence-electron chi connectivity index (χ2n) is 5.87. The lowest BCUT2D eigenvalue weighted by Gasteiger charge is -2.14. The second kappa shape index (κ2) is 9.06. The highest BCUT2D eigenvalue weighted by atomic mass is 35.5. The lowest BCUT2D eigenvalue weighted by Crippen LogP contribution is -2.31. The van der Waals surface area contributed by atoms with Gasteiger partial charge in [0.15, 0.2) is 0 Å². The van der Waals surface area contributed by atoms with Crippen LogP contribution in [-0.2, 0) is 11.3 Å². The molecule has 1 aliphatic carbocycles. The van der Waals surface area contributed by atoms with Gasteiger partial charge >= 0.3 is 0 Å². The van der Waals surface area contributed by atoms with Gasteiger partial charge in [0.2, 0.25) is 5.91 Å². The minimum Gasteiger partial charge on any atom is -0.352 e. The minimum absolute atomic E-state index is 0. The third-order valence-corrected chi connectivity index (χ3v) is 4.30. The molecule has 3 N–H and O–H groups in total. The van der Waals surface area contributed by atoms with Crippen molar-refractivity contribution >= 4 is 41.6 Å². The predicted octanol–water partition coefficient (Wildman–Crippen LogP) is 3.21. The third-order valence-electron chi connectivity index (χ3n) is 4.30. The number of aromatic nitrogens is 1. The summed E-state index contributed by atoms with van der Waals surface area (Å²) >= 11 is 0. The number of amides is 1. The SMILES string of the molecule is Cl.Cl.N[C@@H]1CCC[C@H]1CC(=O)NCc1cnc2ccccc2c1. The number of rotatable bonds is 4. The van der Waals surface area contributed by atoms with Crippen LogP contribution in [0.3, 0.4) is 0 Å². The molecule has 0 spiro atoms. The largest absolute Gasteiger partial charge is 0.352 e. The van der Waals surface area contributed by atoms with Gasteiger partial charge < -0.3 is 11.1 Å². The van der Waals surface area contributed by atoms with Crippen LogP contribution in [-0.4, -0.2) is 16.9 Å². The molecule has 1 amide bonds. The van der Waals surface area contributed by atoms with Crippen molar-refractivity contribution in [1.82, 2.24) is 10.3 Å². The van der Waals surface area contributed by atoms with Crippen molar-refractivity contribution in [2.45, 2.75) is 38.3 Å². The van der Waals surface area contributed by atoms with Crippen molar-refractivity contribution in [1.29, 1.82) is 0 Å². The number of nitrogens with zero attached hydrogens (tertiary/aromatic N) is 1. The van der Waals surface area contributed by atoms with Crippen molar-refractivity contribution in [2.75, 3.05) is 0 Å². The zero-order chi connectivity index (χ0) is 14.7. The molecular formula is C17H23Cl2N3O. The molecule has 0 saturated heterocycles. The van der Waals surface area contributed by atoms with E-state index in [1.54, 1.807) is 0 Å². The average molecular weight is 356 g/mol. The fourth-order valence-electron chi connectivity index (χ4n) is 3.04. The number of benzene rings is 1. The summed E-state index contributed by atoms with van der Waals surface area (Å²) < 4.78 is 0. The molecule has 1 saturated carbocycles. The quantitative estimate of drug-likeness (QED) is 0.884. The van der Waals surface area contributed by atoms with Gasteiger partial charge in [0.25, 0.3) is 0 Å². The van der Waals surface area contributed by atoms with E-state index in [0.717, 1.165) is 35.7 Å². The van der Waals surface area contributed by atoms with Gasteiger partial charge in [0.1, 0.15) is 0 Å². The van der Waals surface area contributed by atoms with E-state index in [2.05, 4.69) is 16.4 Å². The summed E-state index contributed by atoms with van der Waals surface area (Å²) in [4.78, 5) is 16.4. The lowest BCUT2D eigenvalue weighted by molar-refractivity contribution is -0.122. The first-order chi connectivity index (χ1) is 10.2. The van der Waals surface area contributed by atoms with E-state index in [1.165, 1.54) is 0 Å². The normalized spacial score (nSPS) is 19.7. The molecule has 0 aliphatic heterocycles. The molecule has 1 aromatic heterocycles. The Morgan fingerprint density at radius 1 is 1.26 bits per heavy atom. The number of halogens is 2. The van der Waals surface area contributed by atoms with Crippen LogP contribution in [0.25, 0.3) is 10.9 Å². The monoisotopic (exact) mass is 355 g/mol. The Morgan fingerprint density at radius 3 is 2.78 bits per heavy atom. The highest BCUT2D eigenvalue weighted by Gasteiger charge is 2.25. The van der Waals surface area contributed by atoms with Crippen LogP contribution in [0.2, 0.25) is 0 Å². The van der Waals surface area contributed by atoms with Gasteiger partial charge in [-0.05, 0) is 36.5 Å². The fourth-order valence-corrected chi connectivity index (χ4v) is 3.04. The molecule has 0 radical (unpaired) electrons. The molecule has 1 aromatic carbocycles. The summed E-state index contributed by atoms with van der Waals surface area (Å²) in [6.45, 7) is 0.526. The molecular weight excluding hydrogens is 333 g/mol. The van der Waals surface area contributed by atoms with Gasteiger partial charge in [-0.25, -0.2) is 0 Å². The molecule has 0 unspecified atom stereocenters. The Hall–Kier alpha value is -1.36. The van der Waals surface area contributed by atoms with Gasteiger partial charge in [0, 0.05) is 30.6 Å². The lowest BCUT2D eigenvalue weighted by atomic mass is 10.00. The molecule has 23 heavy (non-hydrogen) atoms. The summed E-state index contributed by atoms with van der Waals surface area (Å²) in [7, 11) is 0. The van der Waals surface area contributed by atoms with E-state index in [4.69, 9.17) is 5.73 Å². The van der Waals surface area contributed by atoms with E-state index in [0.29, 0.717) is 18.9 Å². The van der Waals surface area contributed by atoms with Crippen LogP contribution >= 0.6 is 24.8 Å². The van der Waals surface area contributed by atoms with E-state index < -0.39 is 0 Å². The van der Waals surface area contributed by atoms with E-state index in [1.807, 2.05) is 30.5 Å². The number of hydrogen-bond donors (Lipinski definition) is 2. The molecule has 0 bridgehead atoms. The van der Waals surface area contributed by atoms with Crippen molar-refractivity contribution < 1.29 is 4.79 Å². The van der Waals surface area contributed by atoms with Crippen molar-refractivity contribution in [3.8, 4) is 0 Å². The van der Waals surface area contributed by atoms with Crippen molar-refractivity contribution in [3.05, 3.63) is 42.1 Å². The van der Waals surface area contributed by atoms with Crippen LogP contribution in [0, 0.1) is 5.92 Å². The molecule has 6 heteroatoms. The Labute approximate surface area is 149 Å². The van der Waals surface area contributed by atoms with Gasteiger partial charge in [-0.2, -0.15) is 0 Å². The van der Waals surface area contributed by atoms with Crippen LogP contribution in [0.5, 0.6) is 0 Å². The van der Waals surface area contributed by atoms with Crippen LogP contribution in [0.15, 0.2) is 36.5 Å². The minimum atomic E-state index is 0. The Balaban J connectivity index is 0.00000132. The van der Waals surface area contributed by atoms with Gasteiger partial charge in [0.05, 0.1) is 5.52 Å². The van der Waals surface area contributed by atoms with Crippen LogP contribution < -0.4 is 11.1 Å². The molecule has 1 aliphatic rings. The molecule has 1 fully saturated rings. The number of pyridine rings is 1. The van der Waals surface area contributed by atoms with Gasteiger partial charge in [-0.3, -0.25) is 9.78 Å². The molecule has 1 heterocycles. The van der Waals surface area contributed by atoms with Crippen molar-refractivity contribution in [2.24, 2.45) is 11.7 Å². The maximum Gasteiger partial charge on any atom is 0.220 e. The van der Waals surface area contributed by atoms with Gasteiger partial charge in [-0.1, -0.05) is 24.6 Å². The average Bonchev–Trinajstić information content (AvgIpc) is 2.90. The summed E-state index contributed by atoms with van der Waals surface area (Å²) in [5.41, 5.74) is 8.01. The predicted molar refractivity (Wildman–Crippen MR) is 98.0 cm³/mol. The number of carbonyl (C=O) groups is 1. The topological polar surface area (TPSA) is 68.0 Å². The first-order valence-corrected chi connectivity index (χ1v) is 7.58.